The first kappa shape index (κ1) is 18.3. The molecule has 1 aromatic heterocycles. The number of halogens is 3. The normalized spacial score (nSPS) is 11.3. The SMILES string of the molecule is C[NH+](C)CCN(C(=O)c1ccc(F)cc1)c1nc2c(F)cc(F)cc2s1. The zero-order chi connectivity index (χ0) is 18.8. The summed E-state index contributed by atoms with van der Waals surface area (Å²) >= 11 is 1.04. The van der Waals surface area contributed by atoms with Gasteiger partial charge in [0, 0.05) is 11.6 Å². The Morgan fingerprint density at radius 3 is 2.46 bits per heavy atom. The van der Waals surface area contributed by atoms with Gasteiger partial charge in [0.15, 0.2) is 10.9 Å². The Morgan fingerprint density at radius 1 is 1.12 bits per heavy atom. The molecule has 3 rings (SSSR count). The van der Waals surface area contributed by atoms with Gasteiger partial charge < -0.3 is 4.90 Å². The fraction of sp³-hybridized carbons (Fsp3) is 0.222. The molecule has 0 radical (unpaired) electrons. The van der Waals surface area contributed by atoms with E-state index in [1.165, 1.54) is 35.2 Å². The molecule has 0 aliphatic carbocycles. The van der Waals surface area contributed by atoms with E-state index in [1.807, 2.05) is 14.1 Å². The Labute approximate surface area is 152 Å². The molecular formula is C18H17F3N3OS+. The summed E-state index contributed by atoms with van der Waals surface area (Å²) in [5.41, 5.74) is 0.326. The number of hydrogen-bond donors (Lipinski definition) is 1. The number of nitrogens with zero attached hydrogens (tertiary/aromatic N) is 2. The first-order valence-corrected chi connectivity index (χ1v) is 8.79. The number of fused-ring (bicyclic) bond motifs is 1. The Bertz CT molecular complexity index is 941. The van der Waals surface area contributed by atoms with Crippen molar-refractivity contribution >= 4 is 32.6 Å². The maximum atomic E-state index is 14.0. The molecule has 0 spiro atoms. The summed E-state index contributed by atoms with van der Waals surface area (Å²) < 4.78 is 40.9. The third-order valence-electron chi connectivity index (χ3n) is 3.80. The van der Waals surface area contributed by atoms with Crippen LogP contribution in [0.25, 0.3) is 10.2 Å². The average molecular weight is 380 g/mol. The van der Waals surface area contributed by atoms with Crippen LogP contribution in [-0.4, -0.2) is 38.1 Å². The molecule has 1 heterocycles. The highest BCUT2D eigenvalue weighted by Crippen LogP contribution is 2.31. The summed E-state index contributed by atoms with van der Waals surface area (Å²) in [6.45, 7) is 0.960. The summed E-state index contributed by atoms with van der Waals surface area (Å²) in [4.78, 5) is 19.6. The molecule has 0 unspecified atom stereocenters. The fourth-order valence-electron chi connectivity index (χ4n) is 2.43. The lowest BCUT2D eigenvalue weighted by Gasteiger charge is -2.20. The lowest BCUT2D eigenvalue weighted by atomic mass is 10.2. The number of rotatable bonds is 5. The van der Waals surface area contributed by atoms with Crippen molar-refractivity contribution in [1.29, 1.82) is 0 Å². The number of carbonyl (C=O) groups excluding carboxylic acids is 1. The lowest BCUT2D eigenvalue weighted by molar-refractivity contribution is -0.856. The predicted molar refractivity (Wildman–Crippen MR) is 95.3 cm³/mol. The molecular weight excluding hydrogens is 363 g/mol. The highest BCUT2D eigenvalue weighted by Gasteiger charge is 2.23. The summed E-state index contributed by atoms with van der Waals surface area (Å²) in [6.07, 6.45) is 0. The molecule has 3 aromatic rings. The zero-order valence-electron chi connectivity index (χ0n) is 14.2. The monoisotopic (exact) mass is 380 g/mol. The van der Waals surface area contributed by atoms with Crippen LogP contribution in [-0.2, 0) is 0 Å². The van der Waals surface area contributed by atoms with Crippen molar-refractivity contribution in [1.82, 2.24) is 4.98 Å². The van der Waals surface area contributed by atoms with E-state index in [4.69, 9.17) is 0 Å². The van der Waals surface area contributed by atoms with Gasteiger partial charge in [-0.3, -0.25) is 9.69 Å². The van der Waals surface area contributed by atoms with Crippen molar-refractivity contribution in [3.8, 4) is 0 Å². The Morgan fingerprint density at radius 2 is 1.81 bits per heavy atom. The van der Waals surface area contributed by atoms with E-state index < -0.39 is 17.5 Å². The minimum Gasteiger partial charge on any atom is -0.338 e. The van der Waals surface area contributed by atoms with Crippen molar-refractivity contribution in [2.24, 2.45) is 0 Å². The summed E-state index contributed by atoms with van der Waals surface area (Å²) in [5.74, 6) is -2.27. The van der Waals surface area contributed by atoms with E-state index in [0.717, 1.165) is 22.3 Å². The molecule has 0 aliphatic heterocycles. The molecule has 0 atom stereocenters. The lowest BCUT2D eigenvalue weighted by Crippen LogP contribution is -3.06. The molecule has 0 bridgehead atoms. The topological polar surface area (TPSA) is 37.6 Å². The van der Waals surface area contributed by atoms with Crippen molar-refractivity contribution < 1.29 is 22.9 Å². The van der Waals surface area contributed by atoms with E-state index in [-0.39, 0.29) is 16.6 Å². The van der Waals surface area contributed by atoms with Crippen LogP contribution in [0.2, 0.25) is 0 Å². The molecule has 8 heteroatoms. The molecule has 1 N–H and O–H groups in total. The number of carbonyl (C=O) groups is 1. The van der Waals surface area contributed by atoms with E-state index in [9.17, 15) is 18.0 Å². The third-order valence-corrected chi connectivity index (χ3v) is 4.83. The van der Waals surface area contributed by atoms with Crippen molar-refractivity contribution in [3.05, 3.63) is 59.4 Å². The molecule has 1 amide bonds. The van der Waals surface area contributed by atoms with Crippen LogP contribution < -0.4 is 9.80 Å². The highest BCUT2D eigenvalue weighted by atomic mass is 32.1. The fourth-order valence-corrected chi connectivity index (χ4v) is 3.46. The van der Waals surface area contributed by atoms with Crippen LogP contribution in [0.4, 0.5) is 18.3 Å². The van der Waals surface area contributed by atoms with Crippen molar-refractivity contribution in [2.75, 3.05) is 32.1 Å². The minimum atomic E-state index is -0.769. The van der Waals surface area contributed by atoms with Gasteiger partial charge in [0.2, 0.25) is 0 Å². The smallest absolute Gasteiger partial charge is 0.260 e. The molecule has 0 aliphatic rings. The molecule has 26 heavy (non-hydrogen) atoms. The largest absolute Gasteiger partial charge is 0.338 e. The Kier molecular flexibility index (Phi) is 5.24. The quantitative estimate of drug-likeness (QED) is 0.739. The third kappa shape index (κ3) is 3.86. The second-order valence-corrected chi connectivity index (χ2v) is 7.16. The molecule has 0 saturated carbocycles. The minimum absolute atomic E-state index is 0.0282. The Balaban J connectivity index is 2.01. The van der Waals surface area contributed by atoms with Crippen molar-refractivity contribution in [2.45, 2.75) is 0 Å². The maximum absolute atomic E-state index is 14.0. The molecule has 2 aromatic carbocycles. The number of anilines is 1. The Hall–Kier alpha value is -2.45. The highest BCUT2D eigenvalue weighted by molar-refractivity contribution is 7.22. The van der Waals surface area contributed by atoms with Gasteiger partial charge in [-0.1, -0.05) is 11.3 Å². The van der Waals surface area contributed by atoms with Gasteiger partial charge in [-0.25, -0.2) is 18.2 Å². The number of quaternary nitrogens is 1. The van der Waals surface area contributed by atoms with E-state index in [1.54, 1.807) is 0 Å². The van der Waals surface area contributed by atoms with Crippen LogP contribution in [0.5, 0.6) is 0 Å². The van der Waals surface area contributed by atoms with Gasteiger partial charge in [-0.05, 0) is 30.3 Å². The number of benzene rings is 2. The molecule has 136 valence electrons. The van der Waals surface area contributed by atoms with Crippen LogP contribution in [0.3, 0.4) is 0 Å². The van der Waals surface area contributed by atoms with Gasteiger partial charge in [-0.2, -0.15) is 0 Å². The van der Waals surface area contributed by atoms with E-state index in [2.05, 4.69) is 4.98 Å². The first-order chi connectivity index (χ1) is 12.3. The summed E-state index contributed by atoms with van der Waals surface area (Å²) in [5, 5.41) is 0.278. The number of likely N-dealkylation sites (N-methyl/N-ethyl adjacent to an activating group) is 1. The number of hydrogen-bond acceptors (Lipinski definition) is 3. The second kappa shape index (κ2) is 7.43. The second-order valence-electron chi connectivity index (χ2n) is 6.15. The van der Waals surface area contributed by atoms with Crippen LogP contribution in [0.1, 0.15) is 10.4 Å². The standard InChI is InChI=1S/C18H16F3N3OS/c1-23(2)7-8-24(17(25)11-3-5-12(19)6-4-11)18-22-16-14(21)9-13(20)10-15(16)26-18/h3-6,9-10H,7-8H2,1-2H3/p+1. The summed E-state index contributed by atoms with van der Waals surface area (Å²) in [6, 6.07) is 7.15. The molecule has 4 nitrogen and oxygen atoms in total. The number of amides is 1. The average Bonchev–Trinajstić information content (AvgIpc) is 2.99. The predicted octanol–water partition coefficient (Wildman–Crippen LogP) is 2.50. The molecule has 0 fully saturated rings. The number of nitrogens with one attached hydrogen (secondary N) is 1. The van der Waals surface area contributed by atoms with Crippen LogP contribution in [0.15, 0.2) is 36.4 Å². The van der Waals surface area contributed by atoms with Gasteiger partial charge >= 0.3 is 0 Å². The van der Waals surface area contributed by atoms with E-state index in [0.29, 0.717) is 23.4 Å². The van der Waals surface area contributed by atoms with Crippen LogP contribution in [0, 0.1) is 17.5 Å². The first-order valence-electron chi connectivity index (χ1n) is 7.97. The summed E-state index contributed by atoms with van der Waals surface area (Å²) in [7, 11) is 3.88. The van der Waals surface area contributed by atoms with Gasteiger partial charge in [0.05, 0.1) is 31.9 Å². The van der Waals surface area contributed by atoms with Gasteiger partial charge in [0.1, 0.15) is 17.2 Å². The zero-order valence-corrected chi connectivity index (χ0v) is 15.0. The number of thiazole rings is 1. The number of aromatic nitrogens is 1. The van der Waals surface area contributed by atoms with Gasteiger partial charge in [0.25, 0.3) is 5.91 Å². The maximum Gasteiger partial charge on any atom is 0.260 e. The van der Waals surface area contributed by atoms with Crippen molar-refractivity contribution in [3.63, 3.8) is 0 Å². The van der Waals surface area contributed by atoms with Gasteiger partial charge in [-0.15, -0.1) is 0 Å². The van der Waals surface area contributed by atoms with E-state index >= 15 is 0 Å². The molecule has 0 saturated heterocycles. The van der Waals surface area contributed by atoms with Crippen LogP contribution >= 0.6 is 11.3 Å².